The van der Waals surface area contributed by atoms with Gasteiger partial charge in [0.05, 0.1) is 12.1 Å². The largest absolute Gasteiger partial charge is 0.476 e. The molecular formula is C25H34N4O5. The number of carboxylic acid groups (broad SMARTS) is 1. The van der Waals surface area contributed by atoms with E-state index in [0.717, 1.165) is 5.56 Å². The van der Waals surface area contributed by atoms with Crippen molar-refractivity contribution in [1.82, 2.24) is 20.5 Å². The number of aliphatic hydroxyl groups is 1. The number of carbonyl (C=O) groups excluding carboxylic acids is 2. The predicted octanol–water partition coefficient (Wildman–Crippen LogP) is 1.92. The maximum absolute atomic E-state index is 13.4. The highest BCUT2D eigenvalue weighted by Crippen LogP contribution is 2.26. The smallest absolute Gasteiger partial charge is 0.355 e. The van der Waals surface area contributed by atoms with Crippen LogP contribution in [-0.2, 0) is 16.1 Å². The highest BCUT2D eigenvalue weighted by Gasteiger charge is 2.43. The van der Waals surface area contributed by atoms with Crippen molar-refractivity contribution in [1.29, 1.82) is 0 Å². The Morgan fingerprint density at radius 1 is 1.21 bits per heavy atom. The van der Waals surface area contributed by atoms with Gasteiger partial charge in [-0.05, 0) is 28.5 Å². The lowest BCUT2D eigenvalue weighted by atomic mass is 9.85. The lowest BCUT2D eigenvalue weighted by molar-refractivity contribution is -0.142. The van der Waals surface area contributed by atoms with Crippen LogP contribution in [0, 0.1) is 5.41 Å². The Morgan fingerprint density at radius 3 is 2.53 bits per heavy atom. The number of nitrogens with one attached hydrogen (secondary N) is 2. The number of pyridine rings is 1. The van der Waals surface area contributed by atoms with Gasteiger partial charge in [-0.1, -0.05) is 46.8 Å². The molecule has 3 rings (SSSR count). The van der Waals surface area contributed by atoms with Crippen LogP contribution >= 0.6 is 0 Å². The van der Waals surface area contributed by atoms with E-state index in [1.165, 1.54) is 11.1 Å². The van der Waals surface area contributed by atoms with Crippen molar-refractivity contribution < 1.29 is 24.6 Å². The monoisotopic (exact) mass is 470 g/mol. The average molecular weight is 471 g/mol. The quantitative estimate of drug-likeness (QED) is 0.486. The molecule has 0 bridgehead atoms. The fourth-order valence-electron chi connectivity index (χ4n) is 4.31. The van der Waals surface area contributed by atoms with Gasteiger partial charge in [0.2, 0.25) is 11.8 Å². The van der Waals surface area contributed by atoms with Gasteiger partial charge in [0.15, 0.2) is 5.69 Å². The molecule has 2 heterocycles. The number of aromatic nitrogens is 1. The number of benzene rings is 1. The second-order valence-corrected chi connectivity index (χ2v) is 10.3. The van der Waals surface area contributed by atoms with Gasteiger partial charge < -0.3 is 25.7 Å². The van der Waals surface area contributed by atoms with Gasteiger partial charge in [-0.15, -0.1) is 0 Å². The van der Waals surface area contributed by atoms with Gasteiger partial charge in [0.25, 0.3) is 0 Å². The molecule has 0 unspecified atom stereocenters. The molecule has 9 nitrogen and oxygen atoms in total. The van der Waals surface area contributed by atoms with Crippen LogP contribution in [0.2, 0.25) is 0 Å². The molecule has 0 spiro atoms. The number of aromatic carboxylic acids is 1. The maximum atomic E-state index is 13.4. The first kappa shape index (κ1) is 25.6. The number of carboxylic acids is 1. The zero-order chi connectivity index (χ0) is 25.2. The molecule has 1 aliphatic heterocycles. The fourth-order valence-corrected chi connectivity index (χ4v) is 4.31. The zero-order valence-corrected chi connectivity index (χ0v) is 20.3. The molecule has 9 heteroatoms. The van der Waals surface area contributed by atoms with Crippen LogP contribution in [-0.4, -0.2) is 68.7 Å². The Balaban J connectivity index is 1.74. The standard InChI is InChI=1S/C25H34N4O5/c1-14(2)28-21(25(3,4)5)23(32)29-13-17(30)11-19(29)22(31)27-12-15-6-7-18-16(10-15)8-9-26-20(18)24(33)34/h6-10,14,17,19,21,28,30H,11-13H2,1-5H3,(H,27,31)(H,33,34)/t17-,19+,21-/m1/s1. The topological polar surface area (TPSA) is 132 Å². The highest BCUT2D eigenvalue weighted by atomic mass is 16.4. The Bertz CT molecular complexity index is 1080. The number of hydrogen-bond acceptors (Lipinski definition) is 6. The van der Waals surface area contributed by atoms with Gasteiger partial charge in [0.1, 0.15) is 6.04 Å². The number of amides is 2. The van der Waals surface area contributed by atoms with E-state index in [4.69, 9.17) is 0 Å². The molecule has 1 aromatic heterocycles. The van der Waals surface area contributed by atoms with Gasteiger partial charge in [-0.3, -0.25) is 9.59 Å². The van der Waals surface area contributed by atoms with Gasteiger partial charge in [-0.25, -0.2) is 9.78 Å². The Hall–Kier alpha value is -3.04. The summed E-state index contributed by atoms with van der Waals surface area (Å²) >= 11 is 0. The van der Waals surface area contributed by atoms with E-state index < -0.39 is 24.2 Å². The first-order valence-electron chi connectivity index (χ1n) is 11.5. The first-order valence-corrected chi connectivity index (χ1v) is 11.5. The molecule has 1 aromatic carbocycles. The highest BCUT2D eigenvalue weighted by molar-refractivity contribution is 6.01. The third kappa shape index (κ3) is 5.71. The number of fused-ring (bicyclic) bond motifs is 1. The molecule has 2 aromatic rings. The molecular weight excluding hydrogens is 436 g/mol. The molecule has 4 N–H and O–H groups in total. The first-order chi connectivity index (χ1) is 15.9. The van der Waals surface area contributed by atoms with Crippen molar-refractivity contribution in [3.05, 3.63) is 41.7 Å². The number of hydrogen-bond donors (Lipinski definition) is 4. The number of carbonyl (C=O) groups is 3. The molecule has 184 valence electrons. The summed E-state index contributed by atoms with van der Waals surface area (Å²) in [4.78, 5) is 43.2. The normalized spacial score (nSPS) is 19.4. The summed E-state index contributed by atoms with van der Waals surface area (Å²) < 4.78 is 0. The summed E-state index contributed by atoms with van der Waals surface area (Å²) in [6.07, 6.45) is 0.859. The Labute approximate surface area is 199 Å². The van der Waals surface area contributed by atoms with Crippen molar-refractivity contribution >= 4 is 28.6 Å². The lowest BCUT2D eigenvalue weighted by Gasteiger charge is -2.36. The average Bonchev–Trinajstić information content (AvgIpc) is 3.15. The molecule has 1 aliphatic rings. The Kier molecular flexibility index (Phi) is 7.57. The third-order valence-electron chi connectivity index (χ3n) is 5.98. The zero-order valence-electron chi connectivity index (χ0n) is 20.3. The van der Waals surface area contributed by atoms with E-state index >= 15 is 0 Å². The van der Waals surface area contributed by atoms with E-state index in [2.05, 4.69) is 15.6 Å². The van der Waals surface area contributed by atoms with E-state index in [1.54, 1.807) is 24.3 Å². The second-order valence-electron chi connectivity index (χ2n) is 10.3. The molecule has 3 atom stereocenters. The van der Waals surface area contributed by atoms with Crippen LogP contribution in [0.15, 0.2) is 30.5 Å². The Morgan fingerprint density at radius 2 is 1.91 bits per heavy atom. The van der Waals surface area contributed by atoms with Crippen LogP contribution in [0.25, 0.3) is 10.8 Å². The van der Waals surface area contributed by atoms with E-state index in [9.17, 15) is 24.6 Å². The number of aliphatic hydroxyl groups excluding tert-OH is 1. The van der Waals surface area contributed by atoms with Crippen molar-refractivity contribution in [2.75, 3.05) is 6.54 Å². The maximum Gasteiger partial charge on any atom is 0.355 e. The van der Waals surface area contributed by atoms with E-state index in [1.807, 2.05) is 34.6 Å². The van der Waals surface area contributed by atoms with E-state index in [0.29, 0.717) is 10.8 Å². The second kappa shape index (κ2) is 10.1. The van der Waals surface area contributed by atoms with Crippen LogP contribution in [0.1, 0.15) is 57.1 Å². The summed E-state index contributed by atoms with van der Waals surface area (Å²) in [7, 11) is 0. The summed E-state index contributed by atoms with van der Waals surface area (Å²) in [5.41, 5.74) is 0.393. The number of rotatable bonds is 7. The minimum Gasteiger partial charge on any atom is -0.476 e. The van der Waals surface area contributed by atoms with E-state index in [-0.39, 0.29) is 48.5 Å². The van der Waals surface area contributed by atoms with Gasteiger partial charge >= 0.3 is 5.97 Å². The molecule has 0 saturated carbocycles. The SMILES string of the molecule is CC(C)N[C@H](C(=O)N1C[C@H](O)C[C@H]1C(=O)NCc1ccc2c(C(=O)O)nccc2c1)C(C)(C)C. The summed E-state index contributed by atoms with van der Waals surface area (Å²) in [5, 5.41) is 27.0. The van der Waals surface area contributed by atoms with Crippen LogP contribution in [0.5, 0.6) is 0 Å². The summed E-state index contributed by atoms with van der Waals surface area (Å²) in [6, 6.07) is 5.76. The molecule has 34 heavy (non-hydrogen) atoms. The van der Waals surface area contributed by atoms with Crippen molar-refractivity contribution in [3.63, 3.8) is 0 Å². The molecule has 1 saturated heterocycles. The van der Waals surface area contributed by atoms with Gasteiger partial charge in [-0.2, -0.15) is 0 Å². The summed E-state index contributed by atoms with van der Waals surface area (Å²) in [5.74, 6) is -1.63. The molecule has 1 fully saturated rings. The van der Waals surface area contributed by atoms with Crippen molar-refractivity contribution in [3.8, 4) is 0 Å². The fraction of sp³-hybridized carbons (Fsp3) is 0.520. The van der Waals surface area contributed by atoms with Crippen LogP contribution in [0.4, 0.5) is 0 Å². The minimum absolute atomic E-state index is 0.0226. The predicted molar refractivity (Wildman–Crippen MR) is 128 cm³/mol. The molecule has 2 amide bonds. The molecule has 0 radical (unpaired) electrons. The number of likely N-dealkylation sites (tertiary alicyclic amines) is 1. The third-order valence-corrected chi connectivity index (χ3v) is 5.98. The van der Waals surface area contributed by atoms with Crippen LogP contribution < -0.4 is 10.6 Å². The number of β-amino-alcohol motifs (C(OH)–C–C–N with tert-alkyl or cyclic N) is 1. The summed E-state index contributed by atoms with van der Waals surface area (Å²) in [6.45, 7) is 10.2. The molecule has 0 aliphatic carbocycles. The van der Waals surface area contributed by atoms with Crippen molar-refractivity contribution in [2.45, 2.75) is 71.8 Å². The minimum atomic E-state index is -1.10. The van der Waals surface area contributed by atoms with Crippen molar-refractivity contribution in [2.24, 2.45) is 5.41 Å². The van der Waals surface area contributed by atoms with Gasteiger partial charge in [0, 0.05) is 37.1 Å². The van der Waals surface area contributed by atoms with Crippen LogP contribution in [0.3, 0.4) is 0 Å². The number of nitrogens with zero attached hydrogens (tertiary/aromatic N) is 2. The lowest BCUT2D eigenvalue weighted by Crippen LogP contribution is -2.57.